The van der Waals surface area contributed by atoms with Gasteiger partial charge >= 0.3 is 0 Å². The normalized spacial score (nSPS) is 18.8. The van der Waals surface area contributed by atoms with E-state index in [1.807, 2.05) is 6.92 Å². The lowest BCUT2D eigenvalue weighted by atomic mass is 10.2. The van der Waals surface area contributed by atoms with Crippen molar-refractivity contribution in [2.24, 2.45) is 5.92 Å². The molecule has 3 nitrogen and oxygen atoms in total. The summed E-state index contributed by atoms with van der Waals surface area (Å²) < 4.78 is 0. The zero-order chi connectivity index (χ0) is 9.84. The SMILES string of the molecule is CC(C)CNC(C)C(=O)NC1CC1. The van der Waals surface area contributed by atoms with Crippen molar-refractivity contribution >= 4 is 5.91 Å². The number of rotatable bonds is 5. The second-order valence-corrected chi connectivity index (χ2v) is 4.31. The number of amides is 1. The summed E-state index contributed by atoms with van der Waals surface area (Å²) in [6.07, 6.45) is 2.31. The summed E-state index contributed by atoms with van der Waals surface area (Å²) in [5.41, 5.74) is 0. The fraction of sp³-hybridized carbons (Fsp3) is 0.900. The van der Waals surface area contributed by atoms with Gasteiger partial charge in [-0.05, 0) is 32.2 Å². The molecule has 2 N–H and O–H groups in total. The molecule has 0 heterocycles. The Labute approximate surface area is 80.3 Å². The Morgan fingerprint density at radius 3 is 2.46 bits per heavy atom. The first-order valence-electron chi connectivity index (χ1n) is 5.13. The van der Waals surface area contributed by atoms with Crippen molar-refractivity contribution in [3.63, 3.8) is 0 Å². The van der Waals surface area contributed by atoms with E-state index in [9.17, 15) is 4.79 Å². The van der Waals surface area contributed by atoms with Gasteiger partial charge in [-0.1, -0.05) is 13.8 Å². The van der Waals surface area contributed by atoms with E-state index in [0.29, 0.717) is 12.0 Å². The minimum Gasteiger partial charge on any atom is -0.352 e. The van der Waals surface area contributed by atoms with Crippen molar-refractivity contribution < 1.29 is 4.79 Å². The topological polar surface area (TPSA) is 41.1 Å². The predicted molar refractivity (Wildman–Crippen MR) is 53.5 cm³/mol. The molecule has 76 valence electrons. The van der Waals surface area contributed by atoms with Crippen LogP contribution in [-0.4, -0.2) is 24.5 Å². The molecule has 0 aromatic rings. The highest BCUT2D eigenvalue weighted by atomic mass is 16.2. The van der Waals surface area contributed by atoms with E-state index in [1.54, 1.807) is 0 Å². The molecular formula is C10H20N2O. The maximum Gasteiger partial charge on any atom is 0.237 e. The van der Waals surface area contributed by atoms with Crippen LogP contribution in [0.25, 0.3) is 0 Å². The van der Waals surface area contributed by atoms with Crippen LogP contribution in [0.4, 0.5) is 0 Å². The molecule has 0 aromatic heterocycles. The number of carbonyl (C=O) groups excluding carboxylic acids is 1. The molecule has 13 heavy (non-hydrogen) atoms. The van der Waals surface area contributed by atoms with Gasteiger partial charge in [-0.25, -0.2) is 0 Å². The van der Waals surface area contributed by atoms with E-state index in [0.717, 1.165) is 19.4 Å². The lowest BCUT2D eigenvalue weighted by Gasteiger charge is -2.14. The van der Waals surface area contributed by atoms with Gasteiger partial charge in [0.15, 0.2) is 0 Å². The van der Waals surface area contributed by atoms with Crippen molar-refractivity contribution in [1.29, 1.82) is 0 Å². The van der Waals surface area contributed by atoms with Gasteiger partial charge in [0.2, 0.25) is 5.91 Å². The fourth-order valence-electron chi connectivity index (χ4n) is 1.06. The molecule has 1 saturated carbocycles. The zero-order valence-electron chi connectivity index (χ0n) is 8.76. The Morgan fingerprint density at radius 1 is 1.38 bits per heavy atom. The summed E-state index contributed by atoms with van der Waals surface area (Å²) >= 11 is 0. The Hall–Kier alpha value is -0.570. The molecule has 1 aliphatic rings. The highest BCUT2D eigenvalue weighted by Gasteiger charge is 2.25. The third-order valence-electron chi connectivity index (χ3n) is 2.15. The molecule has 0 bridgehead atoms. The first-order valence-corrected chi connectivity index (χ1v) is 5.13. The largest absolute Gasteiger partial charge is 0.352 e. The Morgan fingerprint density at radius 2 is 2.00 bits per heavy atom. The summed E-state index contributed by atoms with van der Waals surface area (Å²) in [5.74, 6) is 0.735. The van der Waals surface area contributed by atoms with Crippen LogP contribution in [0.15, 0.2) is 0 Å². The number of hydrogen-bond donors (Lipinski definition) is 2. The average Bonchev–Trinajstić information content (AvgIpc) is 2.83. The zero-order valence-corrected chi connectivity index (χ0v) is 8.76. The molecular weight excluding hydrogens is 164 g/mol. The van der Waals surface area contributed by atoms with Crippen LogP contribution in [-0.2, 0) is 4.79 Å². The minimum absolute atomic E-state index is 0.0528. The molecule has 1 aliphatic carbocycles. The van der Waals surface area contributed by atoms with Gasteiger partial charge in [0.25, 0.3) is 0 Å². The molecule has 1 fully saturated rings. The van der Waals surface area contributed by atoms with Gasteiger partial charge in [-0.2, -0.15) is 0 Å². The molecule has 1 atom stereocenters. The summed E-state index contributed by atoms with van der Waals surface area (Å²) in [7, 11) is 0. The molecule has 0 aliphatic heterocycles. The molecule has 0 aromatic carbocycles. The van der Waals surface area contributed by atoms with Crippen LogP contribution in [0.5, 0.6) is 0 Å². The number of nitrogens with one attached hydrogen (secondary N) is 2. The summed E-state index contributed by atoms with van der Waals surface area (Å²) in [6, 6.07) is 0.416. The second kappa shape index (κ2) is 4.61. The molecule has 3 heteroatoms. The maximum absolute atomic E-state index is 11.4. The lowest BCUT2D eigenvalue weighted by molar-refractivity contribution is -0.122. The van der Waals surface area contributed by atoms with Crippen molar-refractivity contribution in [3.8, 4) is 0 Å². The first-order chi connectivity index (χ1) is 6.09. The summed E-state index contributed by atoms with van der Waals surface area (Å²) in [6.45, 7) is 7.09. The van der Waals surface area contributed by atoms with Gasteiger partial charge in [-0.15, -0.1) is 0 Å². The van der Waals surface area contributed by atoms with E-state index in [4.69, 9.17) is 0 Å². The van der Waals surface area contributed by atoms with Gasteiger partial charge < -0.3 is 10.6 Å². The predicted octanol–water partition coefficient (Wildman–Crippen LogP) is 0.899. The van der Waals surface area contributed by atoms with Crippen molar-refractivity contribution in [2.75, 3.05) is 6.54 Å². The van der Waals surface area contributed by atoms with E-state index in [2.05, 4.69) is 24.5 Å². The molecule has 0 spiro atoms. The van der Waals surface area contributed by atoms with Gasteiger partial charge in [0, 0.05) is 6.04 Å². The first kappa shape index (κ1) is 10.5. The number of hydrogen-bond acceptors (Lipinski definition) is 2. The molecule has 0 saturated heterocycles. The Kier molecular flexibility index (Phi) is 3.72. The fourth-order valence-corrected chi connectivity index (χ4v) is 1.06. The second-order valence-electron chi connectivity index (χ2n) is 4.31. The van der Waals surface area contributed by atoms with Crippen molar-refractivity contribution in [3.05, 3.63) is 0 Å². The van der Waals surface area contributed by atoms with Crippen LogP contribution in [0.1, 0.15) is 33.6 Å². The number of carbonyl (C=O) groups is 1. The van der Waals surface area contributed by atoms with Crippen LogP contribution < -0.4 is 10.6 Å². The Bertz CT molecular complexity index is 176. The lowest BCUT2D eigenvalue weighted by Crippen LogP contribution is -2.44. The van der Waals surface area contributed by atoms with Crippen LogP contribution in [0.3, 0.4) is 0 Å². The van der Waals surface area contributed by atoms with Crippen LogP contribution in [0.2, 0.25) is 0 Å². The third-order valence-corrected chi connectivity index (χ3v) is 2.15. The van der Waals surface area contributed by atoms with Gasteiger partial charge in [0.1, 0.15) is 0 Å². The molecule has 1 amide bonds. The maximum atomic E-state index is 11.4. The summed E-state index contributed by atoms with van der Waals surface area (Å²) in [4.78, 5) is 11.4. The monoisotopic (exact) mass is 184 g/mol. The van der Waals surface area contributed by atoms with E-state index >= 15 is 0 Å². The van der Waals surface area contributed by atoms with Crippen molar-refractivity contribution in [2.45, 2.75) is 45.7 Å². The molecule has 1 unspecified atom stereocenters. The standard InChI is InChI=1S/C10H20N2O/c1-7(2)6-11-8(3)10(13)12-9-4-5-9/h7-9,11H,4-6H2,1-3H3,(H,12,13). The highest BCUT2D eigenvalue weighted by molar-refractivity contribution is 5.81. The Balaban J connectivity index is 2.12. The summed E-state index contributed by atoms with van der Waals surface area (Å²) in [5, 5.41) is 6.18. The van der Waals surface area contributed by atoms with E-state index in [1.165, 1.54) is 0 Å². The minimum atomic E-state index is -0.0528. The van der Waals surface area contributed by atoms with Crippen LogP contribution in [0, 0.1) is 5.92 Å². The van der Waals surface area contributed by atoms with Crippen LogP contribution >= 0.6 is 0 Å². The van der Waals surface area contributed by atoms with Gasteiger partial charge in [-0.3, -0.25) is 4.79 Å². The quantitative estimate of drug-likeness (QED) is 0.666. The van der Waals surface area contributed by atoms with Gasteiger partial charge in [0.05, 0.1) is 6.04 Å². The molecule has 0 radical (unpaired) electrons. The average molecular weight is 184 g/mol. The third kappa shape index (κ3) is 4.27. The highest BCUT2D eigenvalue weighted by Crippen LogP contribution is 2.18. The van der Waals surface area contributed by atoms with Crippen molar-refractivity contribution in [1.82, 2.24) is 10.6 Å². The van der Waals surface area contributed by atoms with E-state index in [-0.39, 0.29) is 11.9 Å². The van der Waals surface area contributed by atoms with E-state index < -0.39 is 0 Å². The smallest absolute Gasteiger partial charge is 0.237 e. The molecule has 1 rings (SSSR count).